The molecule has 3 rings (SSSR count). The fourth-order valence-corrected chi connectivity index (χ4v) is 2.25. The van der Waals surface area contributed by atoms with Crippen molar-refractivity contribution in [2.45, 2.75) is 13.2 Å². The van der Waals surface area contributed by atoms with Gasteiger partial charge >= 0.3 is 0 Å². The van der Waals surface area contributed by atoms with Crippen molar-refractivity contribution in [3.05, 3.63) is 58.5 Å². The van der Waals surface area contributed by atoms with Crippen molar-refractivity contribution in [1.82, 2.24) is 15.0 Å². The van der Waals surface area contributed by atoms with Gasteiger partial charge in [0.2, 0.25) is 5.88 Å². The van der Waals surface area contributed by atoms with Gasteiger partial charge in [-0.05, 0) is 29.8 Å². The number of benzene rings is 1. The minimum atomic E-state index is -0.0371. The van der Waals surface area contributed by atoms with E-state index in [1.54, 1.807) is 18.6 Å². The molecule has 1 N–H and O–H groups in total. The third kappa shape index (κ3) is 3.34. The van der Waals surface area contributed by atoms with E-state index in [0.717, 1.165) is 26.6 Å². The van der Waals surface area contributed by atoms with Crippen LogP contribution in [-0.4, -0.2) is 20.1 Å². The van der Waals surface area contributed by atoms with Gasteiger partial charge in [0, 0.05) is 22.4 Å². The summed E-state index contributed by atoms with van der Waals surface area (Å²) in [6.45, 7) is 0.291. The zero-order valence-electron chi connectivity index (χ0n) is 11.0. The summed E-state index contributed by atoms with van der Waals surface area (Å²) in [5.41, 5.74) is 3.21. The number of fused-ring (bicyclic) bond motifs is 1. The molecule has 0 bridgehead atoms. The number of aliphatic hydroxyl groups excluding tert-OH is 1. The first kappa shape index (κ1) is 13.9. The number of hydrogen-bond acceptors (Lipinski definition) is 5. The van der Waals surface area contributed by atoms with E-state index in [1.807, 2.05) is 24.3 Å². The van der Waals surface area contributed by atoms with Crippen LogP contribution in [0.2, 0.25) is 0 Å². The SMILES string of the molecule is OCc1cncc(COc2cnc3ccc(Br)cc3n2)c1. The molecule has 3 aromatic rings. The normalized spacial score (nSPS) is 10.8. The molecule has 0 spiro atoms. The molecular weight excluding hydrogens is 334 g/mol. The summed E-state index contributed by atoms with van der Waals surface area (Å²) in [6, 6.07) is 7.55. The quantitative estimate of drug-likeness (QED) is 0.787. The monoisotopic (exact) mass is 345 g/mol. The summed E-state index contributed by atoms with van der Waals surface area (Å²) >= 11 is 3.41. The second kappa shape index (κ2) is 6.15. The minimum Gasteiger partial charge on any atom is -0.472 e. The van der Waals surface area contributed by atoms with Crippen molar-refractivity contribution in [2.24, 2.45) is 0 Å². The van der Waals surface area contributed by atoms with Crippen molar-refractivity contribution < 1.29 is 9.84 Å². The molecule has 2 heterocycles. The number of pyridine rings is 1. The predicted molar refractivity (Wildman–Crippen MR) is 81.7 cm³/mol. The summed E-state index contributed by atoms with van der Waals surface area (Å²) < 4.78 is 6.57. The maximum atomic E-state index is 9.08. The van der Waals surface area contributed by atoms with Gasteiger partial charge in [-0.15, -0.1) is 0 Å². The lowest BCUT2D eigenvalue weighted by molar-refractivity contribution is 0.278. The number of aliphatic hydroxyl groups is 1. The molecule has 1 aromatic carbocycles. The Kier molecular flexibility index (Phi) is 4.08. The first-order valence-electron chi connectivity index (χ1n) is 6.33. The first-order valence-corrected chi connectivity index (χ1v) is 7.12. The molecule has 0 atom stereocenters. The van der Waals surface area contributed by atoms with Crippen LogP contribution in [0, 0.1) is 0 Å². The highest BCUT2D eigenvalue weighted by atomic mass is 79.9. The Morgan fingerprint density at radius 1 is 1.05 bits per heavy atom. The molecule has 0 radical (unpaired) electrons. The molecular formula is C15H12BrN3O2. The molecule has 21 heavy (non-hydrogen) atoms. The highest BCUT2D eigenvalue weighted by Gasteiger charge is 2.03. The van der Waals surface area contributed by atoms with Gasteiger partial charge in [0.15, 0.2) is 0 Å². The van der Waals surface area contributed by atoms with E-state index in [1.165, 1.54) is 0 Å². The molecule has 0 aliphatic carbocycles. The molecule has 0 aliphatic rings. The van der Waals surface area contributed by atoms with Gasteiger partial charge in [0.1, 0.15) is 6.61 Å². The van der Waals surface area contributed by atoms with Crippen LogP contribution < -0.4 is 4.74 Å². The largest absolute Gasteiger partial charge is 0.472 e. The Morgan fingerprint density at radius 3 is 2.76 bits per heavy atom. The van der Waals surface area contributed by atoms with Crippen molar-refractivity contribution in [3.8, 4) is 5.88 Å². The lowest BCUT2D eigenvalue weighted by Crippen LogP contribution is -2.00. The second-order valence-corrected chi connectivity index (χ2v) is 5.41. The third-order valence-corrected chi connectivity index (χ3v) is 3.40. The molecule has 0 aliphatic heterocycles. The van der Waals surface area contributed by atoms with E-state index >= 15 is 0 Å². The molecule has 0 amide bonds. The highest BCUT2D eigenvalue weighted by molar-refractivity contribution is 9.10. The summed E-state index contributed by atoms with van der Waals surface area (Å²) in [4.78, 5) is 12.8. The summed E-state index contributed by atoms with van der Waals surface area (Å²) in [5.74, 6) is 0.454. The van der Waals surface area contributed by atoms with Crippen LogP contribution in [0.3, 0.4) is 0 Å². The van der Waals surface area contributed by atoms with Gasteiger partial charge in [-0.2, -0.15) is 0 Å². The van der Waals surface area contributed by atoms with E-state index in [0.29, 0.717) is 12.5 Å². The van der Waals surface area contributed by atoms with Crippen molar-refractivity contribution >= 4 is 27.0 Å². The number of aromatic nitrogens is 3. The summed E-state index contributed by atoms with van der Waals surface area (Å²) in [6.07, 6.45) is 4.92. The summed E-state index contributed by atoms with van der Waals surface area (Å²) in [5, 5.41) is 9.08. The van der Waals surface area contributed by atoms with E-state index in [9.17, 15) is 0 Å². The van der Waals surface area contributed by atoms with Crippen LogP contribution in [-0.2, 0) is 13.2 Å². The Balaban J connectivity index is 1.78. The molecule has 0 saturated heterocycles. The Morgan fingerprint density at radius 2 is 1.90 bits per heavy atom. The molecule has 106 valence electrons. The number of nitrogens with zero attached hydrogens (tertiary/aromatic N) is 3. The first-order chi connectivity index (χ1) is 10.2. The maximum Gasteiger partial charge on any atom is 0.233 e. The van der Waals surface area contributed by atoms with Crippen LogP contribution in [0.25, 0.3) is 11.0 Å². The van der Waals surface area contributed by atoms with E-state index in [-0.39, 0.29) is 6.61 Å². The van der Waals surface area contributed by atoms with Crippen LogP contribution in [0.15, 0.2) is 47.3 Å². The fourth-order valence-electron chi connectivity index (χ4n) is 1.90. The van der Waals surface area contributed by atoms with E-state index < -0.39 is 0 Å². The highest BCUT2D eigenvalue weighted by Crippen LogP contribution is 2.19. The second-order valence-electron chi connectivity index (χ2n) is 4.49. The Hall–Kier alpha value is -2.05. The van der Waals surface area contributed by atoms with E-state index in [4.69, 9.17) is 9.84 Å². The minimum absolute atomic E-state index is 0.0371. The number of hydrogen-bond donors (Lipinski definition) is 1. The Bertz CT molecular complexity index is 780. The number of halogens is 1. The molecule has 0 saturated carbocycles. The number of rotatable bonds is 4. The topological polar surface area (TPSA) is 68.1 Å². The smallest absolute Gasteiger partial charge is 0.233 e. The van der Waals surface area contributed by atoms with Gasteiger partial charge in [-0.3, -0.25) is 4.98 Å². The summed E-state index contributed by atoms with van der Waals surface area (Å²) in [7, 11) is 0. The van der Waals surface area contributed by atoms with Crippen molar-refractivity contribution in [1.29, 1.82) is 0 Å². The van der Waals surface area contributed by atoms with Gasteiger partial charge in [-0.1, -0.05) is 15.9 Å². The fraction of sp³-hybridized carbons (Fsp3) is 0.133. The van der Waals surface area contributed by atoms with Gasteiger partial charge < -0.3 is 9.84 Å². The molecule has 0 unspecified atom stereocenters. The molecule has 0 fully saturated rings. The molecule has 5 nitrogen and oxygen atoms in total. The van der Waals surface area contributed by atoms with Gasteiger partial charge in [0.05, 0.1) is 23.8 Å². The van der Waals surface area contributed by atoms with Crippen molar-refractivity contribution in [2.75, 3.05) is 0 Å². The van der Waals surface area contributed by atoms with Gasteiger partial charge in [0.25, 0.3) is 0 Å². The zero-order chi connectivity index (χ0) is 14.7. The van der Waals surface area contributed by atoms with Crippen LogP contribution in [0.5, 0.6) is 5.88 Å². The van der Waals surface area contributed by atoms with Gasteiger partial charge in [-0.25, -0.2) is 9.97 Å². The number of ether oxygens (including phenoxy) is 1. The van der Waals surface area contributed by atoms with Crippen LogP contribution in [0.1, 0.15) is 11.1 Å². The standard InChI is InChI=1S/C15H12BrN3O2/c16-12-1-2-13-14(4-12)19-15(7-18-13)21-9-11-3-10(8-20)5-17-6-11/h1-7,20H,8-9H2. The zero-order valence-corrected chi connectivity index (χ0v) is 12.6. The predicted octanol–water partition coefficient (Wildman–Crippen LogP) is 2.86. The third-order valence-electron chi connectivity index (χ3n) is 2.90. The lowest BCUT2D eigenvalue weighted by Gasteiger charge is -2.06. The lowest BCUT2D eigenvalue weighted by atomic mass is 10.2. The average Bonchev–Trinajstić information content (AvgIpc) is 2.52. The molecule has 2 aromatic heterocycles. The van der Waals surface area contributed by atoms with Crippen LogP contribution >= 0.6 is 15.9 Å². The molecule has 6 heteroatoms. The van der Waals surface area contributed by atoms with Crippen molar-refractivity contribution in [3.63, 3.8) is 0 Å². The van der Waals surface area contributed by atoms with Crippen LogP contribution in [0.4, 0.5) is 0 Å². The maximum absolute atomic E-state index is 9.08. The average molecular weight is 346 g/mol. The van der Waals surface area contributed by atoms with E-state index in [2.05, 4.69) is 30.9 Å². The Labute approximate surface area is 129 Å².